The summed E-state index contributed by atoms with van der Waals surface area (Å²) in [6.07, 6.45) is 1.44. The number of aliphatic hydroxyl groups is 1. The van der Waals surface area contributed by atoms with Crippen molar-refractivity contribution in [3.63, 3.8) is 0 Å². The Morgan fingerprint density at radius 3 is 1.92 bits per heavy atom. The van der Waals surface area contributed by atoms with Gasteiger partial charge in [0.05, 0.1) is 6.21 Å². The van der Waals surface area contributed by atoms with E-state index in [2.05, 4.69) is 10.5 Å². The van der Waals surface area contributed by atoms with Crippen molar-refractivity contribution in [3.8, 4) is 0 Å². The van der Waals surface area contributed by atoms with Crippen LogP contribution >= 0.6 is 11.6 Å². The second-order valence-electron chi connectivity index (χ2n) is 5.66. The van der Waals surface area contributed by atoms with Crippen molar-refractivity contribution < 1.29 is 9.90 Å². The number of rotatable bonds is 5. The van der Waals surface area contributed by atoms with Crippen LogP contribution in [0.3, 0.4) is 0 Å². The van der Waals surface area contributed by atoms with Gasteiger partial charge in [-0.3, -0.25) is 4.79 Å². The summed E-state index contributed by atoms with van der Waals surface area (Å²) in [6.45, 7) is 0. The predicted octanol–water partition coefficient (Wildman–Crippen LogP) is 3.73. The van der Waals surface area contributed by atoms with Gasteiger partial charge in [-0.2, -0.15) is 5.10 Å². The van der Waals surface area contributed by atoms with Gasteiger partial charge in [0.2, 0.25) is 0 Å². The topological polar surface area (TPSA) is 61.7 Å². The average molecular weight is 365 g/mol. The van der Waals surface area contributed by atoms with Gasteiger partial charge in [-0.25, -0.2) is 5.43 Å². The molecule has 0 aliphatic rings. The van der Waals surface area contributed by atoms with Crippen LogP contribution in [-0.2, 0) is 10.4 Å². The first-order valence-corrected chi connectivity index (χ1v) is 8.41. The number of nitrogens with one attached hydrogen (secondary N) is 1. The predicted molar refractivity (Wildman–Crippen MR) is 103 cm³/mol. The molecule has 2 N–H and O–H groups in total. The number of amides is 1. The third-order valence-corrected chi connectivity index (χ3v) is 4.33. The molecule has 0 radical (unpaired) electrons. The fourth-order valence-corrected chi connectivity index (χ4v) is 2.79. The molecule has 3 aromatic carbocycles. The maximum Gasteiger partial charge on any atom is 0.281 e. The standard InChI is InChI=1S/C21H17ClN2O2/c22-19-14-8-7-9-16(19)15-23-24-20(25)21(26,17-10-3-1-4-11-17)18-12-5-2-6-13-18/h1-15,26H,(H,24,25)/b23-15-. The number of hydrogen-bond donors (Lipinski definition) is 2. The normalized spacial score (nSPS) is 11.5. The maximum atomic E-state index is 12.8. The summed E-state index contributed by atoms with van der Waals surface area (Å²) in [4.78, 5) is 12.8. The first-order chi connectivity index (χ1) is 12.6. The lowest BCUT2D eigenvalue weighted by Crippen LogP contribution is -2.43. The summed E-state index contributed by atoms with van der Waals surface area (Å²) >= 11 is 6.07. The monoisotopic (exact) mass is 364 g/mol. The summed E-state index contributed by atoms with van der Waals surface area (Å²) < 4.78 is 0. The summed E-state index contributed by atoms with van der Waals surface area (Å²) in [6, 6.07) is 24.6. The van der Waals surface area contributed by atoms with E-state index in [1.165, 1.54) is 6.21 Å². The van der Waals surface area contributed by atoms with Crippen LogP contribution in [0, 0.1) is 0 Å². The fourth-order valence-electron chi connectivity index (χ4n) is 2.61. The Labute approximate surface area is 156 Å². The zero-order valence-electron chi connectivity index (χ0n) is 13.8. The Bertz CT molecular complexity index is 872. The molecule has 130 valence electrons. The molecule has 0 aromatic heterocycles. The Kier molecular flexibility index (Phi) is 5.46. The highest BCUT2D eigenvalue weighted by molar-refractivity contribution is 6.33. The third kappa shape index (κ3) is 3.67. The summed E-state index contributed by atoms with van der Waals surface area (Å²) in [5.41, 5.74) is 2.13. The molecule has 1 amide bonds. The number of halogens is 1. The van der Waals surface area contributed by atoms with E-state index in [1.54, 1.807) is 60.7 Å². The number of hydrazone groups is 1. The van der Waals surface area contributed by atoms with Gasteiger partial charge in [0.1, 0.15) is 0 Å². The SMILES string of the molecule is O=C(N/N=C\c1ccccc1Cl)C(O)(c1ccccc1)c1ccccc1. The molecule has 0 aliphatic carbocycles. The molecule has 0 bridgehead atoms. The number of benzene rings is 3. The Balaban J connectivity index is 1.90. The molecule has 3 rings (SSSR count). The quantitative estimate of drug-likeness (QED) is 0.535. The first kappa shape index (κ1) is 17.9. The van der Waals surface area contributed by atoms with Gasteiger partial charge in [-0.15, -0.1) is 0 Å². The minimum absolute atomic E-state index is 0.455. The van der Waals surface area contributed by atoms with Gasteiger partial charge >= 0.3 is 0 Å². The van der Waals surface area contributed by atoms with Gasteiger partial charge in [0.25, 0.3) is 5.91 Å². The largest absolute Gasteiger partial charge is 0.372 e. The molecule has 4 nitrogen and oxygen atoms in total. The van der Waals surface area contributed by atoms with Crippen LogP contribution in [0.15, 0.2) is 90.0 Å². The van der Waals surface area contributed by atoms with Crippen molar-refractivity contribution in [1.82, 2.24) is 5.43 Å². The molecule has 0 aliphatic heterocycles. The van der Waals surface area contributed by atoms with E-state index in [9.17, 15) is 9.90 Å². The van der Waals surface area contributed by atoms with Crippen LogP contribution in [0.5, 0.6) is 0 Å². The molecule has 3 aromatic rings. The lowest BCUT2D eigenvalue weighted by molar-refractivity contribution is -0.136. The highest BCUT2D eigenvalue weighted by atomic mass is 35.5. The van der Waals surface area contributed by atoms with E-state index in [4.69, 9.17) is 11.6 Å². The Morgan fingerprint density at radius 2 is 1.38 bits per heavy atom. The van der Waals surface area contributed by atoms with Crippen LogP contribution in [0.25, 0.3) is 0 Å². The minimum Gasteiger partial charge on any atom is -0.372 e. The van der Waals surface area contributed by atoms with E-state index in [-0.39, 0.29) is 0 Å². The highest BCUT2D eigenvalue weighted by Crippen LogP contribution is 2.29. The van der Waals surface area contributed by atoms with Crippen LogP contribution in [0.2, 0.25) is 5.02 Å². The zero-order chi connectivity index (χ0) is 18.4. The second-order valence-corrected chi connectivity index (χ2v) is 6.07. The lowest BCUT2D eigenvalue weighted by Gasteiger charge is -2.27. The number of nitrogens with zero attached hydrogens (tertiary/aromatic N) is 1. The number of carbonyl (C=O) groups excluding carboxylic acids is 1. The molecule has 0 spiro atoms. The van der Waals surface area contributed by atoms with Gasteiger partial charge in [-0.05, 0) is 17.2 Å². The van der Waals surface area contributed by atoms with Crippen LogP contribution < -0.4 is 5.43 Å². The third-order valence-electron chi connectivity index (χ3n) is 3.99. The summed E-state index contributed by atoms with van der Waals surface area (Å²) in [7, 11) is 0. The van der Waals surface area contributed by atoms with E-state index in [0.29, 0.717) is 21.7 Å². The van der Waals surface area contributed by atoms with E-state index >= 15 is 0 Å². The smallest absolute Gasteiger partial charge is 0.281 e. The summed E-state index contributed by atoms with van der Waals surface area (Å²) in [5, 5.41) is 15.7. The van der Waals surface area contributed by atoms with Gasteiger partial charge < -0.3 is 5.11 Å². The minimum atomic E-state index is -1.86. The van der Waals surface area contributed by atoms with Crippen LogP contribution in [0.4, 0.5) is 0 Å². The molecular weight excluding hydrogens is 348 g/mol. The van der Waals surface area contributed by atoms with Gasteiger partial charge in [-0.1, -0.05) is 90.5 Å². The van der Waals surface area contributed by atoms with Crippen LogP contribution in [0.1, 0.15) is 16.7 Å². The second kappa shape index (κ2) is 7.95. The van der Waals surface area contributed by atoms with Crippen LogP contribution in [-0.4, -0.2) is 17.2 Å². The summed E-state index contributed by atoms with van der Waals surface area (Å²) in [5.74, 6) is -0.654. The lowest BCUT2D eigenvalue weighted by atomic mass is 9.85. The number of hydrogen-bond acceptors (Lipinski definition) is 3. The van der Waals surface area contributed by atoms with E-state index in [0.717, 1.165) is 0 Å². The zero-order valence-corrected chi connectivity index (χ0v) is 14.6. The molecule has 26 heavy (non-hydrogen) atoms. The molecule has 0 saturated carbocycles. The average Bonchev–Trinajstić information content (AvgIpc) is 2.70. The molecule has 0 heterocycles. The Hall–Kier alpha value is -2.95. The molecule has 0 fully saturated rings. The first-order valence-electron chi connectivity index (χ1n) is 8.04. The molecule has 5 heteroatoms. The van der Waals surface area contributed by atoms with Crippen molar-refractivity contribution in [2.45, 2.75) is 5.60 Å². The van der Waals surface area contributed by atoms with Gasteiger partial charge in [0.15, 0.2) is 5.60 Å². The highest BCUT2D eigenvalue weighted by Gasteiger charge is 2.39. The maximum absolute atomic E-state index is 12.8. The Morgan fingerprint density at radius 1 is 0.885 bits per heavy atom. The van der Waals surface area contributed by atoms with E-state index in [1.807, 2.05) is 24.3 Å². The van der Waals surface area contributed by atoms with Crippen molar-refractivity contribution in [1.29, 1.82) is 0 Å². The van der Waals surface area contributed by atoms with E-state index < -0.39 is 11.5 Å². The van der Waals surface area contributed by atoms with Gasteiger partial charge in [0, 0.05) is 10.6 Å². The van der Waals surface area contributed by atoms with Crippen molar-refractivity contribution in [3.05, 3.63) is 107 Å². The van der Waals surface area contributed by atoms with Crippen molar-refractivity contribution in [2.24, 2.45) is 5.10 Å². The molecular formula is C21H17ClN2O2. The van der Waals surface area contributed by atoms with Crippen molar-refractivity contribution >= 4 is 23.7 Å². The molecule has 0 saturated heterocycles. The fraction of sp³-hybridized carbons (Fsp3) is 0.0476. The number of carbonyl (C=O) groups is 1. The molecule has 0 unspecified atom stereocenters. The molecule has 0 atom stereocenters. The van der Waals surface area contributed by atoms with Crippen molar-refractivity contribution in [2.75, 3.05) is 0 Å².